The number of esters is 1. The van der Waals surface area contributed by atoms with Gasteiger partial charge < -0.3 is 20.7 Å². The molecule has 4 N–H and O–H groups in total. The number of nitrogens with zero attached hydrogens (tertiary/aromatic N) is 1. The Balaban J connectivity index is 1.93. The molecule has 1 aromatic rings. The van der Waals surface area contributed by atoms with E-state index in [-0.39, 0.29) is 42.5 Å². The van der Waals surface area contributed by atoms with Gasteiger partial charge in [0.2, 0.25) is 11.8 Å². The highest BCUT2D eigenvalue weighted by Crippen LogP contribution is 2.26. The Kier molecular flexibility index (Phi) is 7.54. The van der Waals surface area contributed by atoms with Gasteiger partial charge in [0.25, 0.3) is 0 Å². The lowest BCUT2D eigenvalue weighted by Crippen LogP contribution is -2.44. The van der Waals surface area contributed by atoms with Crippen LogP contribution in [0.2, 0.25) is 0 Å². The molecule has 2 rings (SSSR count). The fourth-order valence-electron chi connectivity index (χ4n) is 3.29. The molecule has 8 nitrogen and oxygen atoms in total. The van der Waals surface area contributed by atoms with Gasteiger partial charge in [0.15, 0.2) is 0 Å². The van der Waals surface area contributed by atoms with Crippen LogP contribution >= 0.6 is 0 Å². The number of nitrogen functional groups attached to an aromatic ring is 1. The van der Waals surface area contributed by atoms with Crippen molar-refractivity contribution in [2.75, 3.05) is 18.1 Å². The second kappa shape index (κ2) is 9.87. The third-order valence-corrected chi connectivity index (χ3v) is 4.66. The molecule has 0 saturated carbocycles. The average molecular weight is 388 g/mol. The van der Waals surface area contributed by atoms with Crippen LogP contribution in [0.4, 0.5) is 5.69 Å². The molecule has 2 amide bonds. The number of piperidine rings is 1. The van der Waals surface area contributed by atoms with Crippen molar-refractivity contribution in [2.24, 2.45) is 11.7 Å². The van der Waals surface area contributed by atoms with E-state index in [9.17, 15) is 14.4 Å². The van der Waals surface area contributed by atoms with Crippen LogP contribution in [0.1, 0.15) is 45.1 Å². The van der Waals surface area contributed by atoms with Crippen molar-refractivity contribution >= 4 is 29.3 Å². The summed E-state index contributed by atoms with van der Waals surface area (Å²) < 4.78 is 4.88. The first-order valence-electron chi connectivity index (χ1n) is 9.52. The Bertz CT molecular complexity index is 732. The zero-order valence-electron chi connectivity index (χ0n) is 16.4. The topological polar surface area (TPSA) is 126 Å². The number of rotatable bonds is 8. The number of amidine groups is 1. The number of hydrogen-bond acceptors (Lipinski definition) is 5. The Morgan fingerprint density at radius 1 is 1.36 bits per heavy atom. The number of ether oxygens (including phenoxy) is 1. The second-order valence-corrected chi connectivity index (χ2v) is 6.97. The smallest absolute Gasteiger partial charge is 0.307 e. The molecule has 1 heterocycles. The highest BCUT2D eigenvalue weighted by molar-refractivity contribution is 5.99. The maximum Gasteiger partial charge on any atom is 0.307 e. The zero-order chi connectivity index (χ0) is 20.7. The monoisotopic (exact) mass is 388 g/mol. The van der Waals surface area contributed by atoms with Gasteiger partial charge in [0.05, 0.1) is 13.0 Å². The van der Waals surface area contributed by atoms with Gasteiger partial charge in [-0.15, -0.1) is 0 Å². The highest BCUT2D eigenvalue weighted by atomic mass is 16.5. The van der Waals surface area contributed by atoms with Crippen LogP contribution in [-0.4, -0.2) is 42.8 Å². The summed E-state index contributed by atoms with van der Waals surface area (Å²) in [5, 5.41) is 10.2. The summed E-state index contributed by atoms with van der Waals surface area (Å²) >= 11 is 0. The Morgan fingerprint density at radius 3 is 2.64 bits per heavy atom. The maximum absolute atomic E-state index is 12.8. The molecular weight excluding hydrogens is 360 g/mol. The van der Waals surface area contributed by atoms with Gasteiger partial charge >= 0.3 is 5.97 Å². The molecule has 1 aliphatic rings. The molecule has 28 heavy (non-hydrogen) atoms. The largest absolute Gasteiger partial charge is 0.466 e. The van der Waals surface area contributed by atoms with Crippen molar-refractivity contribution in [3.63, 3.8) is 0 Å². The van der Waals surface area contributed by atoms with Crippen LogP contribution in [0, 0.1) is 11.3 Å². The minimum absolute atomic E-state index is 0.0250. The van der Waals surface area contributed by atoms with Crippen molar-refractivity contribution in [3.8, 4) is 0 Å². The number of benzene rings is 1. The Hall–Kier alpha value is -2.90. The SMILES string of the molecule is CCOC(=O)C[C@H](C)NC(=O)CC1CCCN(c2ccc(C(=N)N)cc2)C1=O. The predicted molar refractivity (Wildman–Crippen MR) is 106 cm³/mol. The summed E-state index contributed by atoms with van der Waals surface area (Å²) in [6, 6.07) is 6.59. The minimum Gasteiger partial charge on any atom is -0.466 e. The fraction of sp³-hybridized carbons (Fsp3) is 0.500. The van der Waals surface area contributed by atoms with Crippen LogP contribution in [0.5, 0.6) is 0 Å². The molecule has 0 aromatic heterocycles. The van der Waals surface area contributed by atoms with E-state index in [1.807, 2.05) is 0 Å². The number of nitrogens with one attached hydrogen (secondary N) is 2. The molecule has 1 saturated heterocycles. The molecule has 1 unspecified atom stereocenters. The zero-order valence-corrected chi connectivity index (χ0v) is 16.4. The summed E-state index contributed by atoms with van der Waals surface area (Å²) in [6.07, 6.45) is 1.65. The number of amides is 2. The summed E-state index contributed by atoms with van der Waals surface area (Å²) in [4.78, 5) is 38.3. The number of nitrogens with two attached hydrogens (primary N) is 1. The first-order valence-corrected chi connectivity index (χ1v) is 9.52. The number of hydrogen-bond donors (Lipinski definition) is 3. The van der Waals surface area contributed by atoms with Crippen molar-refractivity contribution in [1.82, 2.24) is 5.32 Å². The molecule has 152 valence electrons. The highest BCUT2D eigenvalue weighted by Gasteiger charge is 2.31. The van der Waals surface area contributed by atoms with E-state index in [0.717, 1.165) is 12.1 Å². The average Bonchev–Trinajstić information content (AvgIpc) is 2.63. The van der Waals surface area contributed by atoms with Crippen molar-refractivity contribution < 1.29 is 19.1 Å². The van der Waals surface area contributed by atoms with Crippen LogP contribution in [0.15, 0.2) is 24.3 Å². The van der Waals surface area contributed by atoms with Crippen molar-refractivity contribution in [3.05, 3.63) is 29.8 Å². The van der Waals surface area contributed by atoms with E-state index < -0.39 is 5.92 Å². The lowest BCUT2D eigenvalue weighted by molar-refractivity contribution is -0.143. The van der Waals surface area contributed by atoms with Gasteiger partial charge in [-0.05, 0) is 51.0 Å². The minimum atomic E-state index is -0.393. The first kappa shape index (κ1) is 21.4. The summed E-state index contributed by atoms with van der Waals surface area (Å²) in [5.41, 5.74) is 6.79. The molecule has 1 fully saturated rings. The van der Waals surface area contributed by atoms with Gasteiger partial charge in [0, 0.05) is 36.2 Å². The number of carbonyl (C=O) groups is 3. The molecular formula is C20H28N4O4. The Labute approximate surface area is 164 Å². The standard InChI is InChI=1S/C20H28N4O4/c1-3-28-18(26)11-13(2)23-17(25)12-15-5-4-10-24(20(15)27)16-8-6-14(7-9-16)19(21)22/h6-9,13,15H,3-5,10-12H2,1-2H3,(H3,21,22)(H,23,25)/t13-,15?/m0/s1. The first-order chi connectivity index (χ1) is 13.3. The lowest BCUT2D eigenvalue weighted by atomic mass is 9.92. The maximum atomic E-state index is 12.8. The molecule has 1 aliphatic heterocycles. The van der Waals surface area contributed by atoms with Crippen LogP contribution in [-0.2, 0) is 19.1 Å². The number of anilines is 1. The van der Waals surface area contributed by atoms with E-state index in [2.05, 4.69) is 5.32 Å². The van der Waals surface area contributed by atoms with Crippen molar-refractivity contribution in [2.45, 2.75) is 45.6 Å². The lowest BCUT2D eigenvalue weighted by Gasteiger charge is -2.32. The summed E-state index contributed by atoms with van der Waals surface area (Å²) in [6.45, 7) is 4.37. The van der Waals surface area contributed by atoms with Crippen LogP contribution in [0.3, 0.4) is 0 Å². The molecule has 0 bridgehead atoms. The van der Waals surface area contributed by atoms with Gasteiger partial charge in [0.1, 0.15) is 5.84 Å². The molecule has 1 aromatic carbocycles. The second-order valence-electron chi connectivity index (χ2n) is 6.97. The van der Waals surface area contributed by atoms with Gasteiger partial charge in [-0.25, -0.2) is 0 Å². The van der Waals surface area contributed by atoms with E-state index >= 15 is 0 Å². The van der Waals surface area contributed by atoms with E-state index in [1.165, 1.54) is 0 Å². The van der Waals surface area contributed by atoms with Gasteiger partial charge in [-0.1, -0.05) is 0 Å². The Morgan fingerprint density at radius 2 is 2.04 bits per heavy atom. The third kappa shape index (κ3) is 5.80. The normalized spacial score (nSPS) is 17.7. The molecule has 0 aliphatic carbocycles. The van der Waals surface area contributed by atoms with E-state index in [4.69, 9.17) is 15.9 Å². The van der Waals surface area contributed by atoms with Gasteiger partial charge in [-0.3, -0.25) is 19.8 Å². The fourth-order valence-corrected chi connectivity index (χ4v) is 3.29. The van der Waals surface area contributed by atoms with Crippen molar-refractivity contribution in [1.29, 1.82) is 5.41 Å². The summed E-state index contributed by atoms with van der Waals surface area (Å²) in [7, 11) is 0. The predicted octanol–water partition coefficient (Wildman–Crippen LogP) is 1.56. The molecule has 0 spiro atoms. The molecule has 8 heteroatoms. The third-order valence-electron chi connectivity index (χ3n) is 4.66. The molecule has 0 radical (unpaired) electrons. The number of carbonyl (C=O) groups excluding carboxylic acids is 3. The van der Waals surface area contributed by atoms with Crippen LogP contribution in [0.25, 0.3) is 0 Å². The molecule has 2 atom stereocenters. The van der Waals surface area contributed by atoms with Crippen LogP contribution < -0.4 is 16.0 Å². The van der Waals surface area contributed by atoms with E-state index in [1.54, 1.807) is 43.0 Å². The van der Waals surface area contributed by atoms with Gasteiger partial charge in [-0.2, -0.15) is 0 Å². The quantitative estimate of drug-likeness (QED) is 0.354. The van der Waals surface area contributed by atoms with E-state index in [0.29, 0.717) is 25.1 Å². The summed E-state index contributed by atoms with van der Waals surface area (Å²) in [5.74, 6) is -1.11.